The number of para-hydroxylation sites is 1. The van der Waals surface area contributed by atoms with E-state index in [2.05, 4.69) is 41.9 Å². The molecule has 7 rings (SSSR count). The molecule has 1 saturated heterocycles. The highest BCUT2D eigenvalue weighted by molar-refractivity contribution is 8.18. The molecule has 0 saturated carbocycles. The summed E-state index contributed by atoms with van der Waals surface area (Å²) in [6, 6.07) is 38.6. The highest BCUT2D eigenvalue weighted by atomic mass is 32.2. The first-order chi connectivity index (χ1) is 21.2. The number of nitrogens with zero attached hydrogens (tertiary/aromatic N) is 5. The first-order valence-corrected chi connectivity index (χ1v) is 15.4. The van der Waals surface area contributed by atoms with Crippen LogP contribution in [0.1, 0.15) is 5.56 Å². The number of carbonyl (C=O) groups is 1. The zero-order chi connectivity index (χ0) is 29.2. The number of fused-ring (bicyclic) bond motifs is 1. The molecule has 2 aromatic heterocycles. The lowest BCUT2D eigenvalue weighted by Gasteiger charge is -2.11. The van der Waals surface area contributed by atoms with Gasteiger partial charge in [-0.1, -0.05) is 102 Å². The molecule has 0 unspecified atom stereocenters. The average molecular weight is 596 g/mol. The number of hydrogen-bond acceptors (Lipinski definition) is 6. The quantitative estimate of drug-likeness (QED) is 0.137. The Morgan fingerprint density at radius 2 is 1.53 bits per heavy atom. The fraction of sp³-hybridized carbons (Fsp3) is 0.0286. The third kappa shape index (κ3) is 5.46. The van der Waals surface area contributed by atoms with Crippen molar-refractivity contribution < 1.29 is 4.79 Å². The van der Waals surface area contributed by atoms with Crippen molar-refractivity contribution in [3.63, 3.8) is 0 Å². The van der Waals surface area contributed by atoms with Crippen molar-refractivity contribution in [3.8, 4) is 28.2 Å². The minimum Gasteiger partial charge on any atom is -0.282 e. The molecule has 0 atom stereocenters. The second kappa shape index (κ2) is 11.7. The molecule has 0 radical (unpaired) electrons. The highest BCUT2D eigenvalue weighted by Gasteiger charge is 2.33. The van der Waals surface area contributed by atoms with Gasteiger partial charge < -0.3 is 0 Å². The summed E-state index contributed by atoms with van der Waals surface area (Å²) in [5.74, 6) is -0.0974. The van der Waals surface area contributed by atoms with Gasteiger partial charge in [0.1, 0.15) is 0 Å². The SMILES string of the molecule is C=CCN1C(=O)/C(=C/c2ccc(-n3nc(-c4ccccc4)cc3-c3ccccc3)cc2)S/C1=N/c1nc2ccccc2s1. The molecular formula is C35H25N5OS2. The van der Waals surface area contributed by atoms with Gasteiger partial charge in [-0.15, -0.1) is 6.58 Å². The van der Waals surface area contributed by atoms with Crippen molar-refractivity contribution in [2.24, 2.45) is 4.99 Å². The Morgan fingerprint density at radius 3 is 2.26 bits per heavy atom. The molecule has 0 spiro atoms. The molecule has 3 heterocycles. The van der Waals surface area contributed by atoms with E-state index in [0.717, 1.165) is 44.0 Å². The van der Waals surface area contributed by atoms with E-state index >= 15 is 0 Å². The number of amidine groups is 1. The maximum Gasteiger partial charge on any atom is 0.267 e. The Labute approximate surface area is 257 Å². The number of amides is 1. The largest absolute Gasteiger partial charge is 0.282 e. The van der Waals surface area contributed by atoms with Crippen molar-refractivity contribution >= 4 is 55.6 Å². The van der Waals surface area contributed by atoms with E-state index in [4.69, 9.17) is 10.1 Å². The molecule has 0 aliphatic carbocycles. The lowest BCUT2D eigenvalue weighted by molar-refractivity contribution is -0.121. The summed E-state index contributed by atoms with van der Waals surface area (Å²) in [6.07, 6.45) is 3.62. The van der Waals surface area contributed by atoms with Gasteiger partial charge in [0, 0.05) is 17.7 Å². The number of benzene rings is 4. The number of hydrogen-bond donors (Lipinski definition) is 0. The lowest BCUT2D eigenvalue weighted by Crippen LogP contribution is -2.29. The number of thiazole rings is 1. The van der Waals surface area contributed by atoms with Gasteiger partial charge in [-0.05, 0) is 53.7 Å². The molecule has 208 valence electrons. The van der Waals surface area contributed by atoms with E-state index in [9.17, 15) is 4.79 Å². The third-order valence-electron chi connectivity index (χ3n) is 6.96. The molecule has 8 heteroatoms. The van der Waals surface area contributed by atoms with Gasteiger partial charge in [-0.3, -0.25) is 9.69 Å². The maximum atomic E-state index is 13.4. The standard InChI is InChI=1S/C35H25N5OS2/c1-2-21-39-33(41)32(43-35(39)37-34-36-28-15-9-10-16-31(28)42-34)22-24-17-19-27(20-18-24)40-30(26-13-7-4-8-14-26)23-29(38-40)25-11-5-3-6-12-25/h2-20,22-23H,1,21H2/b32-22-,37-35+. The molecule has 0 bridgehead atoms. The average Bonchev–Trinajstić information content (AvgIpc) is 3.75. The third-order valence-corrected chi connectivity index (χ3v) is 8.89. The van der Waals surface area contributed by atoms with Crippen LogP contribution in [0.3, 0.4) is 0 Å². The fourth-order valence-corrected chi connectivity index (χ4v) is 6.76. The molecule has 1 amide bonds. The van der Waals surface area contributed by atoms with E-state index in [1.165, 1.54) is 23.1 Å². The van der Waals surface area contributed by atoms with Gasteiger partial charge >= 0.3 is 0 Å². The van der Waals surface area contributed by atoms with Crippen molar-refractivity contribution in [1.82, 2.24) is 19.7 Å². The van der Waals surface area contributed by atoms with Crippen LogP contribution in [0.25, 0.3) is 44.5 Å². The van der Waals surface area contributed by atoms with E-state index in [1.54, 1.807) is 11.0 Å². The van der Waals surface area contributed by atoms with Crippen molar-refractivity contribution in [2.75, 3.05) is 6.54 Å². The minimum atomic E-state index is -0.0974. The van der Waals surface area contributed by atoms with Crippen LogP contribution in [-0.4, -0.2) is 37.3 Å². The van der Waals surface area contributed by atoms with Gasteiger partial charge in [0.15, 0.2) is 5.17 Å². The molecule has 1 aliphatic rings. The second-order valence-corrected chi connectivity index (χ2v) is 11.8. The van der Waals surface area contributed by atoms with E-state index in [0.29, 0.717) is 21.7 Å². The lowest BCUT2D eigenvalue weighted by atomic mass is 10.1. The smallest absolute Gasteiger partial charge is 0.267 e. The van der Waals surface area contributed by atoms with Crippen LogP contribution in [0.2, 0.25) is 0 Å². The summed E-state index contributed by atoms with van der Waals surface area (Å²) in [6.45, 7) is 4.21. The van der Waals surface area contributed by atoms with Crippen LogP contribution in [-0.2, 0) is 4.79 Å². The van der Waals surface area contributed by atoms with E-state index in [1.807, 2.05) is 95.7 Å². The molecule has 4 aromatic carbocycles. The predicted molar refractivity (Wildman–Crippen MR) is 179 cm³/mol. The number of thioether (sulfide) groups is 1. The van der Waals surface area contributed by atoms with Crippen molar-refractivity contribution in [3.05, 3.63) is 138 Å². The molecule has 1 aliphatic heterocycles. The predicted octanol–water partition coefficient (Wildman–Crippen LogP) is 8.61. The van der Waals surface area contributed by atoms with Gasteiger partial charge in [0.2, 0.25) is 5.13 Å². The second-order valence-electron chi connectivity index (χ2n) is 9.82. The number of aromatic nitrogens is 3. The first kappa shape index (κ1) is 26.8. The van der Waals surface area contributed by atoms with Gasteiger partial charge in [-0.25, -0.2) is 9.67 Å². The topological polar surface area (TPSA) is 63.4 Å². The molecule has 6 aromatic rings. The summed E-state index contributed by atoms with van der Waals surface area (Å²) in [5.41, 5.74) is 6.79. The van der Waals surface area contributed by atoms with Crippen molar-refractivity contribution in [2.45, 2.75) is 0 Å². The van der Waals surface area contributed by atoms with Gasteiger partial charge in [0.25, 0.3) is 5.91 Å². The summed E-state index contributed by atoms with van der Waals surface area (Å²) in [5, 5.41) is 6.20. The van der Waals surface area contributed by atoms with Crippen LogP contribution in [0.4, 0.5) is 5.13 Å². The van der Waals surface area contributed by atoms with Gasteiger partial charge in [0.05, 0.1) is 32.2 Å². The van der Waals surface area contributed by atoms with E-state index in [-0.39, 0.29) is 5.91 Å². The Bertz CT molecular complexity index is 1980. The van der Waals surface area contributed by atoms with Crippen molar-refractivity contribution in [1.29, 1.82) is 0 Å². The maximum absolute atomic E-state index is 13.4. The molecule has 0 N–H and O–H groups in total. The summed E-state index contributed by atoms with van der Waals surface area (Å²) >= 11 is 2.86. The fourth-order valence-electron chi connectivity index (χ4n) is 4.88. The van der Waals surface area contributed by atoms with E-state index < -0.39 is 0 Å². The Morgan fingerprint density at radius 1 is 0.837 bits per heavy atom. The molecule has 6 nitrogen and oxygen atoms in total. The molecule has 1 fully saturated rings. The summed E-state index contributed by atoms with van der Waals surface area (Å²) in [4.78, 5) is 25.0. The van der Waals surface area contributed by atoms with Crippen LogP contribution in [0.5, 0.6) is 0 Å². The normalized spacial score (nSPS) is 15.2. The first-order valence-electron chi connectivity index (χ1n) is 13.7. The molecule has 43 heavy (non-hydrogen) atoms. The number of carbonyl (C=O) groups excluding carboxylic acids is 1. The Kier molecular flexibility index (Phi) is 7.28. The summed E-state index contributed by atoms with van der Waals surface area (Å²) < 4.78 is 3.03. The molecular weight excluding hydrogens is 571 g/mol. The zero-order valence-electron chi connectivity index (χ0n) is 23.0. The number of rotatable bonds is 7. The summed E-state index contributed by atoms with van der Waals surface area (Å²) in [7, 11) is 0. The van der Waals surface area contributed by atoms with Crippen LogP contribution >= 0.6 is 23.1 Å². The minimum absolute atomic E-state index is 0.0974. The van der Waals surface area contributed by atoms with Crippen LogP contribution in [0, 0.1) is 0 Å². The van der Waals surface area contributed by atoms with Gasteiger partial charge in [-0.2, -0.15) is 10.1 Å². The van der Waals surface area contributed by atoms with Crippen LogP contribution < -0.4 is 0 Å². The monoisotopic (exact) mass is 595 g/mol. The Hall–Kier alpha value is -5.05. The Balaban J connectivity index is 1.20. The zero-order valence-corrected chi connectivity index (χ0v) is 24.6. The highest BCUT2D eigenvalue weighted by Crippen LogP contribution is 2.36. The number of aliphatic imine (C=N–C) groups is 1. The van der Waals surface area contributed by atoms with Crippen LogP contribution in [0.15, 0.2) is 138 Å².